The SMILES string of the molecule is CO[C@@H]1CN(C(=O)C(C)NC(=O)c2cccc(C)c2)C[C@H]1O. The summed E-state index contributed by atoms with van der Waals surface area (Å²) in [6.07, 6.45) is -1.06. The fourth-order valence-corrected chi connectivity index (χ4v) is 2.57. The number of aliphatic hydroxyl groups excluding tert-OH is 1. The van der Waals surface area contributed by atoms with E-state index >= 15 is 0 Å². The Morgan fingerprint density at radius 3 is 2.73 bits per heavy atom. The van der Waals surface area contributed by atoms with Gasteiger partial charge in [0.2, 0.25) is 5.91 Å². The van der Waals surface area contributed by atoms with Crippen molar-refractivity contribution in [2.45, 2.75) is 32.1 Å². The highest BCUT2D eigenvalue weighted by Gasteiger charge is 2.35. The van der Waals surface area contributed by atoms with Crippen molar-refractivity contribution in [2.24, 2.45) is 0 Å². The van der Waals surface area contributed by atoms with Gasteiger partial charge in [-0.3, -0.25) is 9.59 Å². The lowest BCUT2D eigenvalue weighted by Crippen LogP contribution is -2.46. The number of aryl methyl sites for hydroxylation is 1. The third-order valence-corrected chi connectivity index (χ3v) is 3.85. The van der Waals surface area contributed by atoms with Crippen molar-refractivity contribution in [1.29, 1.82) is 0 Å². The Morgan fingerprint density at radius 1 is 1.41 bits per heavy atom. The van der Waals surface area contributed by atoms with Gasteiger partial charge in [-0.25, -0.2) is 0 Å². The molecule has 2 N–H and O–H groups in total. The predicted molar refractivity (Wildman–Crippen MR) is 81.5 cm³/mol. The van der Waals surface area contributed by atoms with Gasteiger partial charge in [0.05, 0.1) is 6.10 Å². The first-order valence-corrected chi connectivity index (χ1v) is 7.29. The number of carbonyl (C=O) groups is 2. The van der Waals surface area contributed by atoms with E-state index in [9.17, 15) is 14.7 Å². The lowest BCUT2D eigenvalue weighted by atomic mass is 10.1. The molecule has 1 aliphatic rings. The second-order valence-corrected chi connectivity index (χ2v) is 5.65. The quantitative estimate of drug-likeness (QED) is 0.840. The Kier molecular flexibility index (Phi) is 5.15. The largest absolute Gasteiger partial charge is 0.388 e. The van der Waals surface area contributed by atoms with Crippen molar-refractivity contribution < 1.29 is 19.4 Å². The number of benzene rings is 1. The van der Waals surface area contributed by atoms with Crippen molar-refractivity contribution in [3.05, 3.63) is 35.4 Å². The number of β-amino-alcohol motifs (C(OH)–C–C–N with tert-alkyl or cyclic N) is 1. The van der Waals surface area contributed by atoms with Gasteiger partial charge in [0.1, 0.15) is 12.1 Å². The Morgan fingerprint density at radius 2 is 2.14 bits per heavy atom. The average Bonchev–Trinajstić information content (AvgIpc) is 2.87. The summed E-state index contributed by atoms with van der Waals surface area (Å²) in [6, 6.07) is 6.53. The number of carbonyl (C=O) groups excluding carboxylic acids is 2. The molecule has 6 nitrogen and oxygen atoms in total. The van der Waals surface area contributed by atoms with Crippen molar-refractivity contribution in [3.8, 4) is 0 Å². The summed E-state index contributed by atoms with van der Waals surface area (Å²) < 4.78 is 5.12. The zero-order valence-corrected chi connectivity index (χ0v) is 13.1. The predicted octanol–water partition coefficient (Wildman–Crippen LogP) is 0.331. The first kappa shape index (κ1) is 16.5. The van der Waals surface area contributed by atoms with Gasteiger partial charge in [0.25, 0.3) is 5.91 Å². The molecule has 1 saturated heterocycles. The number of likely N-dealkylation sites (tertiary alicyclic amines) is 1. The molecule has 1 aromatic carbocycles. The van der Waals surface area contributed by atoms with E-state index < -0.39 is 12.1 Å². The van der Waals surface area contributed by atoms with Gasteiger partial charge >= 0.3 is 0 Å². The van der Waals surface area contributed by atoms with E-state index in [0.29, 0.717) is 12.1 Å². The maximum Gasteiger partial charge on any atom is 0.251 e. The monoisotopic (exact) mass is 306 g/mol. The second kappa shape index (κ2) is 6.89. The Balaban J connectivity index is 1.96. The summed E-state index contributed by atoms with van der Waals surface area (Å²) in [5.74, 6) is -0.507. The van der Waals surface area contributed by atoms with Crippen LogP contribution < -0.4 is 5.32 Å². The summed E-state index contributed by atoms with van der Waals surface area (Å²) >= 11 is 0. The van der Waals surface area contributed by atoms with Crippen LogP contribution in [0.5, 0.6) is 0 Å². The number of aliphatic hydroxyl groups is 1. The van der Waals surface area contributed by atoms with Crippen LogP contribution in [0.3, 0.4) is 0 Å². The number of nitrogens with zero attached hydrogens (tertiary/aromatic N) is 1. The third kappa shape index (κ3) is 3.64. The van der Waals surface area contributed by atoms with Crippen LogP contribution in [-0.4, -0.2) is 60.3 Å². The smallest absolute Gasteiger partial charge is 0.251 e. The van der Waals surface area contributed by atoms with Crippen LogP contribution in [0.25, 0.3) is 0 Å². The van der Waals surface area contributed by atoms with E-state index in [2.05, 4.69) is 5.32 Å². The summed E-state index contributed by atoms with van der Waals surface area (Å²) in [5.41, 5.74) is 1.51. The van der Waals surface area contributed by atoms with Crippen molar-refractivity contribution in [1.82, 2.24) is 10.2 Å². The molecule has 3 atom stereocenters. The normalized spacial score (nSPS) is 22.5. The molecular formula is C16H22N2O4. The van der Waals surface area contributed by atoms with Crippen LogP contribution in [0.4, 0.5) is 0 Å². The van der Waals surface area contributed by atoms with Crippen LogP contribution in [0.2, 0.25) is 0 Å². The molecule has 1 unspecified atom stereocenters. The molecule has 2 amide bonds. The van der Waals surface area contributed by atoms with E-state index in [4.69, 9.17) is 4.74 Å². The highest BCUT2D eigenvalue weighted by atomic mass is 16.5. The van der Waals surface area contributed by atoms with Gasteiger partial charge < -0.3 is 20.1 Å². The van der Waals surface area contributed by atoms with Crippen molar-refractivity contribution in [2.75, 3.05) is 20.2 Å². The molecule has 120 valence electrons. The summed E-state index contributed by atoms with van der Waals surface area (Å²) in [5, 5.41) is 12.5. The molecule has 0 spiro atoms. The first-order valence-electron chi connectivity index (χ1n) is 7.29. The number of hydrogen-bond acceptors (Lipinski definition) is 4. The molecule has 0 saturated carbocycles. The van der Waals surface area contributed by atoms with E-state index in [1.165, 1.54) is 12.0 Å². The van der Waals surface area contributed by atoms with Crippen LogP contribution in [0, 0.1) is 6.92 Å². The molecular weight excluding hydrogens is 284 g/mol. The van der Waals surface area contributed by atoms with Gasteiger partial charge in [-0.2, -0.15) is 0 Å². The minimum absolute atomic E-state index is 0.223. The van der Waals surface area contributed by atoms with Crippen LogP contribution in [0.15, 0.2) is 24.3 Å². The summed E-state index contributed by atoms with van der Waals surface area (Å²) in [4.78, 5) is 26.0. The van der Waals surface area contributed by atoms with Gasteiger partial charge in [0.15, 0.2) is 0 Å². The maximum absolute atomic E-state index is 12.3. The fourth-order valence-electron chi connectivity index (χ4n) is 2.57. The number of nitrogens with one attached hydrogen (secondary N) is 1. The van der Waals surface area contributed by atoms with Crippen LogP contribution in [-0.2, 0) is 9.53 Å². The molecule has 1 fully saturated rings. The number of methoxy groups -OCH3 is 1. The standard InChI is InChI=1S/C16H22N2O4/c1-10-5-4-6-12(7-10)15(20)17-11(2)16(21)18-8-13(19)14(9-18)22-3/h4-7,11,13-14,19H,8-9H2,1-3H3,(H,17,20)/t11?,13-,14-/m1/s1. The fraction of sp³-hybridized carbons (Fsp3) is 0.500. The van der Waals surface area contributed by atoms with E-state index in [0.717, 1.165) is 5.56 Å². The third-order valence-electron chi connectivity index (χ3n) is 3.85. The number of amides is 2. The number of hydrogen-bond donors (Lipinski definition) is 2. The van der Waals surface area contributed by atoms with E-state index in [1.807, 2.05) is 13.0 Å². The molecule has 0 aliphatic carbocycles. The average molecular weight is 306 g/mol. The van der Waals surface area contributed by atoms with Crippen molar-refractivity contribution in [3.63, 3.8) is 0 Å². The minimum atomic E-state index is -0.686. The van der Waals surface area contributed by atoms with Crippen LogP contribution in [0.1, 0.15) is 22.8 Å². The molecule has 0 aromatic heterocycles. The molecule has 22 heavy (non-hydrogen) atoms. The summed E-state index contributed by atoms with van der Waals surface area (Å²) in [7, 11) is 1.50. The van der Waals surface area contributed by atoms with Gasteiger partial charge in [-0.15, -0.1) is 0 Å². The van der Waals surface area contributed by atoms with Crippen LogP contribution >= 0.6 is 0 Å². The molecule has 0 bridgehead atoms. The van der Waals surface area contributed by atoms with Crippen molar-refractivity contribution >= 4 is 11.8 Å². The van der Waals surface area contributed by atoms with E-state index in [1.54, 1.807) is 25.1 Å². The maximum atomic E-state index is 12.3. The lowest BCUT2D eigenvalue weighted by molar-refractivity contribution is -0.132. The van der Waals surface area contributed by atoms with E-state index in [-0.39, 0.29) is 24.5 Å². The first-order chi connectivity index (χ1) is 10.4. The zero-order chi connectivity index (χ0) is 16.3. The Hall–Kier alpha value is -1.92. The number of rotatable bonds is 4. The molecule has 2 rings (SSSR count). The second-order valence-electron chi connectivity index (χ2n) is 5.65. The van der Waals surface area contributed by atoms with Gasteiger partial charge in [-0.05, 0) is 26.0 Å². The van der Waals surface area contributed by atoms with Gasteiger partial charge in [-0.1, -0.05) is 17.7 Å². The minimum Gasteiger partial charge on any atom is -0.388 e. The Labute approximate surface area is 130 Å². The highest BCUT2D eigenvalue weighted by molar-refractivity contribution is 5.97. The molecule has 1 heterocycles. The summed E-state index contributed by atoms with van der Waals surface area (Å²) in [6.45, 7) is 4.10. The zero-order valence-electron chi connectivity index (χ0n) is 13.1. The Bertz CT molecular complexity index is 561. The topological polar surface area (TPSA) is 78.9 Å². The number of ether oxygens (including phenoxy) is 1. The molecule has 1 aromatic rings. The molecule has 1 aliphatic heterocycles. The molecule has 0 radical (unpaired) electrons. The highest BCUT2D eigenvalue weighted by Crippen LogP contribution is 2.14. The molecule has 6 heteroatoms. The van der Waals surface area contributed by atoms with Gasteiger partial charge in [0, 0.05) is 25.8 Å². The lowest BCUT2D eigenvalue weighted by Gasteiger charge is -2.21.